The highest BCUT2D eigenvalue weighted by Crippen LogP contribution is 2.32. The largest absolute Gasteiger partial charge is 0.497 e. The average molecular weight is 302 g/mol. The quantitative estimate of drug-likeness (QED) is 0.888. The third kappa shape index (κ3) is 3.14. The Hall–Kier alpha value is -2.27. The number of methoxy groups -OCH3 is 2. The summed E-state index contributed by atoms with van der Waals surface area (Å²) >= 11 is 0. The van der Waals surface area contributed by atoms with Crippen LogP contribution in [0, 0.1) is 0 Å². The molecule has 0 atom stereocenters. The maximum absolute atomic E-state index is 12.4. The zero-order valence-electron chi connectivity index (χ0n) is 13.5. The molecule has 0 aliphatic heterocycles. The minimum atomic E-state index is -0.00341. The van der Waals surface area contributed by atoms with Crippen LogP contribution in [0.15, 0.2) is 35.1 Å². The monoisotopic (exact) mass is 302 g/mol. The van der Waals surface area contributed by atoms with Crippen molar-refractivity contribution in [1.29, 1.82) is 0 Å². The van der Waals surface area contributed by atoms with Crippen molar-refractivity contribution in [3.63, 3.8) is 0 Å². The Balaban J connectivity index is 2.50. The molecular weight excluding hydrogens is 280 g/mol. The van der Waals surface area contributed by atoms with Gasteiger partial charge in [-0.25, -0.2) is 0 Å². The van der Waals surface area contributed by atoms with Crippen LogP contribution < -0.4 is 20.3 Å². The Morgan fingerprint density at radius 2 is 1.91 bits per heavy atom. The standard InChI is InChI=1S/C17H22N2O3/c1-5-18-11-12-6-9-15(19(2)17(12)20)14-8-7-13(21-3)10-16(14)22-4/h6-10,18H,5,11H2,1-4H3. The fourth-order valence-corrected chi connectivity index (χ4v) is 2.36. The van der Waals surface area contributed by atoms with Gasteiger partial charge in [-0.1, -0.05) is 13.0 Å². The van der Waals surface area contributed by atoms with Crippen LogP contribution in [0.25, 0.3) is 11.3 Å². The zero-order chi connectivity index (χ0) is 16.1. The Morgan fingerprint density at radius 3 is 2.55 bits per heavy atom. The number of hydrogen-bond acceptors (Lipinski definition) is 4. The highest BCUT2D eigenvalue weighted by atomic mass is 16.5. The summed E-state index contributed by atoms with van der Waals surface area (Å²) < 4.78 is 12.3. The Bertz CT molecular complexity index is 708. The van der Waals surface area contributed by atoms with Crippen LogP contribution >= 0.6 is 0 Å². The second kappa shape index (κ2) is 7.13. The van der Waals surface area contributed by atoms with Gasteiger partial charge < -0.3 is 19.4 Å². The molecular formula is C17H22N2O3. The molecule has 0 unspecified atom stereocenters. The molecule has 5 nitrogen and oxygen atoms in total. The number of hydrogen-bond donors (Lipinski definition) is 1. The predicted octanol–water partition coefficient (Wildman–Crippen LogP) is 2.18. The molecule has 2 aromatic rings. The van der Waals surface area contributed by atoms with Crippen molar-refractivity contribution >= 4 is 0 Å². The van der Waals surface area contributed by atoms with Gasteiger partial charge >= 0.3 is 0 Å². The summed E-state index contributed by atoms with van der Waals surface area (Å²) in [7, 11) is 4.99. The maximum atomic E-state index is 12.4. The maximum Gasteiger partial charge on any atom is 0.255 e. The number of aromatic nitrogens is 1. The van der Waals surface area contributed by atoms with E-state index in [9.17, 15) is 4.79 Å². The van der Waals surface area contributed by atoms with Crippen molar-refractivity contribution < 1.29 is 9.47 Å². The summed E-state index contributed by atoms with van der Waals surface area (Å²) in [6.07, 6.45) is 0. The van der Waals surface area contributed by atoms with E-state index in [2.05, 4.69) is 5.32 Å². The molecule has 0 fully saturated rings. The normalized spacial score (nSPS) is 10.5. The van der Waals surface area contributed by atoms with E-state index in [0.29, 0.717) is 12.3 Å². The second-order valence-electron chi connectivity index (χ2n) is 4.95. The lowest BCUT2D eigenvalue weighted by Gasteiger charge is -2.14. The SMILES string of the molecule is CCNCc1ccc(-c2ccc(OC)cc2OC)n(C)c1=O. The molecule has 0 amide bonds. The molecule has 2 rings (SSSR count). The van der Waals surface area contributed by atoms with E-state index in [0.717, 1.165) is 29.1 Å². The summed E-state index contributed by atoms with van der Waals surface area (Å²) in [4.78, 5) is 12.4. The molecule has 1 heterocycles. The number of rotatable bonds is 6. The van der Waals surface area contributed by atoms with Gasteiger partial charge in [0.2, 0.25) is 0 Å². The van der Waals surface area contributed by atoms with Gasteiger partial charge in [0.15, 0.2) is 0 Å². The average Bonchev–Trinajstić information content (AvgIpc) is 2.56. The molecule has 0 spiro atoms. The fourth-order valence-electron chi connectivity index (χ4n) is 2.36. The topological polar surface area (TPSA) is 52.5 Å². The number of nitrogens with one attached hydrogen (secondary N) is 1. The van der Waals surface area contributed by atoms with Crippen LogP contribution in [-0.4, -0.2) is 25.3 Å². The molecule has 0 aliphatic carbocycles. The number of ether oxygens (including phenoxy) is 2. The minimum Gasteiger partial charge on any atom is -0.497 e. The molecule has 1 N–H and O–H groups in total. The van der Waals surface area contributed by atoms with Crippen LogP contribution in [0.3, 0.4) is 0 Å². The molecule has 0 saturated carbocycles. The molecule has 1 aromatic heterocycles. The van der Waals surface area contributed by atoms with Gasteiger partial charge in [-0.15, -0.1) is 0 Å². The highest BCUT2D eigenvalue weighted by molar-refractivity contribution is 5.69. The van der Waals surface area contributed by atoms with Gasteiger partial charge in [0.05, 0.1) is 19.9 Å². The van der Waals surface area contributed by atoms with E-state index < -0.39 is 0 Å². The minimum absolute atomic E-state index is 0.00341. The number of benzene rings is 1. The van der Waals surface area contributed by atoms with Crippen LogP contribution in [-0.2, 0) is 13.6 Å². The van der Waals surface area contributed by atoms with Gasteiger partial charge in [-0.2, -0.15) is 0 Å². The lowest BCUT2D eigenvalue weighted by molar-refractivity contribution is 0.395. The van der Waals surface area contributed by atoms with E-state index in [1.165, 1.54) is 0 Å². The first-order valence-corrected chi connectivity index (χ1v) is 7.24. The number of pyridine rings is 1. The summed E-state index contributed by atoms with van der Waals surface area (Å²) in [6, 6.07) is 9.38. The fraction of sp³-hybridized carbons (Fsp3) is 0.353. The summed E-state index contributed by atoms with van der Waals surface area (Å²) in [5, 5.41) is 3.17. The van der Waals surface area contributed by atoms with E-state index in [1.54, 1.807) is 25.8 Å². The summed E-state index contributed by atoms with van der Waals surface area (Å²) in [6.45, 7) is 3.42. The Morgan fingerprint density at radius 1 is 1.14 bits per heavy atom. The van der Waals surface area contributed by atoms with Gasteiger partial charge in [0, 0.05) is 30.8 Å². The summed E-state index contributed by atoms with van der Waals surface area (Å²) in [5.74, 6) is 1.39. The molecule has 118 valence electrons. The van der Waals surface area contributed by atoms with Crippen molar-refractivity contribution in [1.82, 2.24) is 9.88 Å². The van der Waals surface area contributed by atoms with Crippen molar-refractivity contribution in [2.45, 2.75) is 13.5 Å². The molecule has 22 heavy (non-hydrogen) atoms. The lowest BCUT2D eigenvalue weighted by atomic mass is 10.1. The van der Waals surface area contributed by atoms with E-state index in [-0.39, 0.29) is 5.56 Å². The first-order valence-electron chi connectivity index (χ1n) is 7.24. The Labute approximate surface area is 130 Å². The Kier molecular flexibility index (Phi) is 5.22. The molecule has 0 saturated heterocycles. The molecule has 5 heteroatoms. The highest BCUT2D eigenvalue weighted by Gasteiger charge is 2.12. The van der Waals surface area contributed by atoms with Crippen LogP contribution in [0.5, 0.6) is 11.5 Å². The summed E-state index contributed by atoms with van der Waals surface area (Å²) in [5.41, 5.74) is 2.42. The molecule has 0 radical (unpaired) electrons. The predicted molar refractivity (Wildman–Crippen MR) is 87.6 cm³/mol. The third-order valence-electron chi connectivity index (χ3n) is 3.63. The molecule has 1 aromatic carbocycles. The van der Waals surface area contributed by atoms with Crippen LogP contribution in [0.1, 0.15) is 12.5 Å². The van der Waals surface area contributed by atoms with Crippen molar-refractivity contribution in [3.05, 3.63) is 46.2 Å². The first kappa shape index (κ1) is 16.1. The van der Waals surface area contributed by atoms with Crippen molar-refractivity contribution in [3.8, 4) is 22.8 Å². The zero-order valence-corrected chi connectivity index (χ0v) is 13.5. The van der Waals surface area contributed by atoms with Gasteiger partial charge in [0.25, 0.3) is 5.56 Å². The van der Waals surface area contributed by atoms with E-state index in [4.69, 9.17) is 9.47 Å². The van der Waals surface area contributed by atoms with E-state index in [1.807, 2.05) is 37.3 Å². The van der Waals surface area contributed by atoms with Gasteiger partial charge in [0.1, 0.15) is 11.5 Å². The third-order valence-corrected chi connectivity index (χ3v) is 3.63. The van der Waals surface area contributed by atoms with Crippen molar-refractivity contribution in [2.24, 2.45) is 7.05 Å². The molecule has 0 aliphatic rings. The first-order chi connectivity index (χ1) is 10.6. The second-order valence-corrected chi connectivity index (χ2v) is 4.95. The number of nitrogens with zero attached hydrogens (tertiary/aromatic N) is 1. The van der Waals surface area contributed by atoms with Crippen molar-refractivity contribution in [2.75, 3.05) is 20.8 Å². The van der Waals surface area contributed by atoms with E-state index >= 15 is 0 Å². The van der Waals surface area contributed by atoms with Gasteiger partial charge in [-0.3, -0.25) is 4.79 Å². The van der Waals surface area contributed by atoms with Crippen LogP contribution in [0.2, 0.25) is 0 Å². The van der Waals surface area contributed by atoms with Gasteiger partial charge in [-0.05, 0) is 24.7 Å². The molecule has 0 bridgehead atoms. The lowest BCUT2D eigenvalue weighted by Crippen LogP contribution is -2.26. The smallest absolute Gasteiger partial charge is 0.255 e. The van der Waals surface area contributed by atoms with Crippen LogP contribution in [0.4, 0.5) is 0 Å².